The highest BCUT2D eigenvalue weighted by atomic mass is 16.7. The summed E-state index contributed by atoms with van der Waals surface area (Å²) >= 11 is 0. The van der Waals surface area contributed by atoms with Crippen LogP contribution in [0, 0.1) is 5.92 Å². The lowest BCUT2D eigenvalue weighted by atomic mass is 9.90. The standard InChI is InChI=1S/C31H37N3O6/c1-21-27(19-34(2)18-16-25-5-3-4-17-32-25)39-31(40-30(21)23-8-6-22(20-35)7-9-23)24-10-12-26(13-11-24)33-28(36)14-15-29(37)38/h3-13,17,21,27,30-31,35H,14-16,18-20H2,1-2H3,(H,33,36)(H,37,38). The van der Waals surface area contributed by atoms with E-state index in [1.807, 2.05) is 60.8 Å². The van der Waals surface area contributed by atoms with Crippen LogP contribution >= 0.6 is 0 Å². The Morgan fingerprint density at radius 2 is 1.70 bits per heavy atom. The fourth-order valence-electron chi connectivity index (χ4n) is 4.75. The van der Waals surface area contributed by atoms with Crippen molar-refractivity contribution in [2.75, 3.05) is 25.5 Å². The summed E-state index contributed by atoms with van der Waals surface area (Å²) in [5, 5.41) is 21.0. The van der Waals surface area contributed by atoms with E-state index in [1.165, 1.54) is 0 Å². The van der Waals surface area contributed by atoms with Crippen LogP contribution in [0.15, 0.2) is 72.9 Å². The molecule has 9 nitrogen and oxygen atoms in total. The molecule has 1 amide bonds. The van der Waals surface area contributed by atoms with Crippen LogP contribution in [0.2, 0.25) is 0 Å². The number of aliphatic carboxylic acids is 1. The number of anilines is 1. The summed E-state index contributed by atoms with van der Waals surface area (Å²) in [6, 6.07) is 21.0. The van der Waals surface area contributed by atoms with Crippen LogP contribution in [0.5, 0.6) is 0 Å². The number of likely N-dealkylation sites (N-methyl/N-ethyl adjacent to an activating group) is 1. The molecule has 2 aromatic carbocycles. The zero-order valence-corrected chi connectivity index (χ0v) is 22.9. The summed E-state index contributed by atoms with van der Waals surface area (Å²) in [6.07, 6.45) is 1.37. The Kier molecular flexibility index (Phi) is 10.4. The first-order valence-corrected chi connectivity index (χ1v) is 13.5. The van der Waals surface area contributed by atoms with Gasteiger partial charge in [-0.05, 0) is 42.4 Å². The Bertz CT molecular complexity index is 1240. The van der Waals surface area contributed by atoms with Crippen LogP contribution in [-0.2, 0) is 32.1 Å². The van der Waals surface area contributed by atoms with Gasteiger partial charge in [-0.2, -0.15) is 0 Å². The number of hydrogen-bond donors (Lipinski definition) is 3. The Morgan fingerprint density at radius 1 is 0.975 bits per heavy atom. The van der Waals surface area contributed by atoms with Gasteiger partial charge in [0.05, 0.1) is 25.2 Å². The number of hydrogen-bond acceptors (Lipinski definition) is 7. The molecule has 0 spiro atoms. The van der Waals surface area contributed by atoms with Gasteiger partial charge in [0, 0.05) is 55.0 Å². The predicted molar refractivity (Wildman–Crippen MR) is 150 cm³/mol. The SMILES string of the molecule is CC1C(CN(C)CCc2ccccn2)OC(c2ccc(NC(=O)CCC(=O)O)cc2)OC1c1ccc(CO)cc1. The molecule has 0 radical (unpaired) electrons. The third-order valence-electron chi connectivity index (χ3n) is 7.12. The molecule has 4 unspecified atom stereocenters. The number of ether oxygens (including phenoxy) is 2. The number of amides is 1. The number of aliphatic hydroxyl groups is 1. The van der Waals surface area contributed by atoms with Gasteiger partial charge >= 0.3 is 5.97 Å². The minimum absolute atomic E-state index is 0.0179. The largest absolute Gasteiger partial charge is 0.481 e. The molecule has 4 atom stereocenters. The molecule has 1 aromatic heterocycles. The molecule has 1 saturated heterocycles. The predicted octanol–water partition coefficient (Wildman–Crippen LogP) is 4.34. The molecule has 1 aliphatic rings. The Labute approximate surface area is 234 Å². The van der Waals surface area contributed by atoms with E-state index in [4.69, 9.17) is 14.6 Å². The minimum atomic E-state index is -1.01. The van der Waals surface area contributed by atoms with Gasteiger partial charge in [-0.3, -0.25) is 14.6 Å². The number of nitrogens with zero attached hydrogens (tertiary/aromatic N) is 2. The molecule has 3 aromatic rings. The van der Waals surface area contributed by atoms with E-state index in [-0.39, 0.29) is 43.5 Å². The van der Waals surface area contributed by atoms with Crippen LogP contribution in [-0.4, -0.2) is 58.2 Å². The maximum absolute atomic E-state index is 12.0. The van der Waals surface area contributed by atoms with E-state index in [1.54, 1.807) is 12.1 Å². The molecule has 0 saturated carbocycles. The molecule has 9 heteroatoms. The molecule has 40 heavy (non-hydrogen) atoms. The molecule has 0 aliphatic carbocycles. The first-order valence-electron chi connectivity index (χ1n) is 13.5. The molecule has 4 rings (SSSR count). The Hall–Kier alpha value is -3.63. The zero-order valence-electron chi connectivity index (χ0n) is 22.9. The molecule has 0 bridgehead atoms. The topological polar surface area (TPSA) is 121 Å². The Morgan fingerprint density at radius 3 is 2.35 bits per heavy atom. The number of carboxylic acid groups (broad SMARTS) is 1. The lowest BCUT2D eigenvalue weighted by Crippen LogP contribution is -2.43. The highest BCUT2D eigenvalue weighted by molar-refractivity contribution is 5.92. The van der Waals surface area contributed by atoms with E-state index >= 15 is 0 Å². The van der Waals surface area contributed by atoms with Crippen LogP contribution in [0.4, 0.5) is 5.69 Å². The number of aliphatic hydroxyl groups excluding tert-OH is 1. The molecule has 3 N–H and O–H groups in total. The number of rotatable bonds is 12. The number of aromatic nitrogens is 1. The normalized spacial score (nSPS) is 20.8. The molecular weight excluding hydrogens is 510 g/mol. The fourth-order valence-corrected chi connectivity index (χ4v) is 4.75. The third-order valence-corrected chi connectivity index (χ3v) is 7.12. The van der Waals surface area contributed by atoms with Crippen molar-refractivity contribution in [2.24, 2.45) is 5.92 Å². The number of benzene rings is 2. The lowest BCUT2D eigenvalue weighted by molar-refractivity contribution is -0.275. The van der Waals surface area contributed by atoms with E-state index in [9.17, 15) is 14.7 Å². The van der Waals surface area contributed by atoms with Crippen molar-refractivity contribution < 1.29 is 29.3 Å². The van der Waals surface area contributed by atoms with Gasteiger partial charge in [0.1, 0.15) is 0 Å². The van der Waals surface area contributed by atoms with Gasteiger partial charge in [-0.1, -0.05) is 49.4 Å². The van der Waals surface area contributed by atoms with Crippen molar-refractivity contribution in [1.29, 1.82) is 0 Å². The summed E-state index contributed by atoms with van der Waals surface area (Å²) in [5.74, 6) is -1.31. The first kappa shape index (κ1) is 29.4. The van der Waals surface area contributed by atoms with Gasteiger partial charge in [-0.25, -0.2) is 0 Å². The summed E-state index contributed by atoms with van der Waals surface area (Å²) < 4.78 is 13.0. The molecule has 2 heterocycles. The maximum atomic E-state index is 12.0. The van der Waals surface area contributed by atoms with Gasteiger partial charge in [0.15, 0.2) is 6.29 Å². The van der Waals surface area contributed by atoms with E-state index in [2.05, 4.69) is 29.2 Å². The second-order valence-corrected chi connectivity index (χ2v) is 10.2. The van der Waals surface area contributed by atoms with Crippen molar-refractivity contribution in [1.82, 2.24) is 9.88 Å². The zero-order chi connectivity index (χ0) is 28.5. The van der Waals surface area contributed by atoms with Gasteiger partial charge in [0.25, 0.3) is 0 Å². The highest BCUT2D eigenvalue weighted by Gasteiger charge is 2.38. The maximum Gasteiger partial charge on any atom is 0.303 e. The lowest BCUT2D eigenvalue weighted by Gasteiger charge is -2.42. The van der Waals surface area contributed by atoms with Crippen molar-refractivity contribution in [3.63, 3.8) is 0 Å². The number of carboxylic acids is 1. The third kappa shape index (κ3) is 8.19. The minimum Gasteiger partial charge on any atom is -0.481 e. The number of carbonyl (C=O) groups excluding carboxylic acids is 1. The average molecular weight is 548 g/mol. The van der Waals surface area contributed by atoms with Crippen LogP contribution in [0.1, 0.15) is 54.5 Å². The molecule has 1 fully saturated rings. The highest BCUT2D eigenvalue weighted by Crippen LogP contribution is 2.42. The van der Waals surface area contributed by atoms with E-state index in [0.29, 0.717) is 12.2 Å². The summed E-state index contributed by atoms with van der Waals surface area (Å²) in [7, 11) is 2.08. The van der Waals surface area contributed by atoms with E-state index < -0.39 is 12.3 Å². The molecule has 1 aliphatic heterocycles. The van der Waals surface area contributed by atoms with Crippen molar-refractivity contribution in [2.45, 2.75) is 51.3 Å². The fraction of sp³-hybridized carbons (Fsp3) is 0.387. The van der Waals surface area contributed by atoms with E-state index in [0.717, 1.165) is 35.3 Å². The van der Waals surface area contributed by atoms with Gasteiger partial charge in [-0.15, -0.1) is 0 Å². The number of pyridine rings is 1. The average Bonchev–Trinajstić information content (AvgIpc) is 2.97. The first-order chi connectivity index (χ1) is 19.3. The van der Waals surface area contributed by atoms with Crippen LogP contribution < -0.4 is 5.32 Å². The number of carbonyl (C=O) groups is 2. The Balaban J connectivity index is 1.48. The van der Waals surface area contributed by atoms with Crippen LogP contribution in [0.3, 0.4) is 0 Å². The summed E-state index contributed by atoms with van der Waals surface area (Å²) in [5.41, 5.74) is 4.29. The van der Waals surface area contributed by atoms with Crippen molar-refractivity contribution in [3.8, 4) is 0 Å². The van der Waals surface area contributed by atoms with Gasteiger partial charge in [0.2, 0.25) is 5.91 Å². The second-order valence-electron chi connectivity index (χ2n) is 10.2. The molecule has 212 valence electrons. The van der Waals surface area contributed by atoms with Crippen molar-refractivity contribution in [3.05, 3.63) is 95.3 Å². The second kappa shape index (κ2) is 14.1. The summed E-state index contributed by atoms with van der Waals surface area (Å²) in [6.45, 7) is 3.65. The van der Waals surface area contributed by atoms with Crippen molar-refractivity contribution >= 4 is 17.6 Å². The number of nitrogens with one attached hydrogen (secondary N) is 1. The monoisotopic (exact) mass is 547 g/mol. The summed E-state index contributed by atoms with van der Waals surface area (Å²) in [4.78, 5) is 29.4. The van der Waals surface area contributed by atoms with Crippen LogP contribution in [0.25, 0.3) is 0 Å². The quantitative estimate of drug-likeness (QED) is 0.306. The van der Waals surface area contributed by atoms with Gasteiger partial charge < -0.3 is 29.9 Å². The smallest absolute Gasteiger partial charge is 0.303 e. The molecular formula is C31H37N3O6.